The average Bonchev–Trinajstić information content (AvgIpc) is 2.04. The molecule has 1 aliphatic carbocycles. The van der Waals surface area contributed by atoms with Crippen molar-refractivity contribution in [2.45, 2.75) is 18.2 Å². The van der Waals surface area contributed by atoms with Crippen LogP contribution in [0.4, 0.5) is 0 Å². The van der Waals surface area contributed by atoms with Crippen molar-refractivity contribution in [2.24, 2.45) is 0 Å². The zero-order valence-electron chi connectivity index (χ0n) is 6.64. The number of halogens is 1. The second-order valence-electron chi connectivity index (χ2n) is 3.07. The maximum Gasteiger partial charge on any atom is 0.166 e. The van der Waals surface area contributed by atoms with Gasteiger partial charge in [0.05, 0.1) is 5.38 Å². The molecule has 0 amide bonds. The first-order valence-corrected chi connectivity index (χ1v) is 4.53. The number of allylic oxidation sites excluding steroid dienone is 4. The number of nitrogens with one attached hydrogen (secondary N) is 1. The standard InChI is InChI=1S/C9H10ClNO/c10-6-1-2-7-8(5-6)11-4-3-9(7)12/h1-2,6,11H,3-5H2. The van der Waals surface area contributed by atoms with Crippen LogP contribution in [0.5, 0.6) is 0 Å². The molecule has 64 valence electrons. The Bertz CT molecular complexity index is 280. The Morgan fingerprint density at radius 1 is 1.58 bits per heavy atom. The van der Waals surface area contributed by atoms with Crippen molar-refractivity contribution in [3.63, 3.8) is 0 Å². The van der Waals surface area contributed by atoms with Crippen LogP contribution in [-0.2, 0) is 4.79 Å². The van der Waals surface area contributed by atoms with E-state index in [4.69, 9.17) is 11.6 Å². The summed E-state index contributed by atoms with van der Waals surface area (Å²) in [6.45, 7) is 0.759. The van der Waals surface area contributed by atoms with E-state index in [9.17, 15) is 4.79 Å². The quantitative estimate of drug-likeness (QED) is 0.575. The van der Waals surface area contributed by atoms with E-state index in [1.807, 2.05) is 12.2 Å². The molecule has 0 saturated heterocycles. The molecule has 1 N–H and O–H groups in total. The van der Waals surface area contributed by atoms with E-state index < -0.39 is 0 Å². The molecule has 3 heteroatoms. The minimum Gasteiger partial charge on any atom is -0.387 e. The molecule has 1 aliphatic heterocycles. The lowest BCUT2D eigenvalue weighted by Gasteiger charge is -2.23. The lowest BCUT2D eigenvalue weighted by Crippen LogP contribution is -2.30. The maximum absolute atomic E-state index is 11.3. The van der Waals surface area contributed by atoms with E-state index in [0.29, 0.717) is 6.42 Å². The molecular weight excluding hydrogens is 174 g/mol. The number of rotatable bonds is 0. The van der Waals surface area contributed by atoms with Gasteiger partial charge in [0.2, 0.25) is 0 Å². The SMILES string of the molecule is O=C1CCNC2=C1C=CC(Cl)C2. The second kappa shape index (κ2) is 2.94. The number of ketones is 1. The summed E-state index contributed by atoms with van der Waals surface area (Å²) in [5.74, 6) is 0.239. The molecule has 1 unspecified atom stereocenters. The molecule has 0 saturated carbocycles. The lowest BCUT2D eigenvalue weighted by molar-refractivity contribution is -0.115. The Kier molecular flexibility index (Phi) is 1.93. The van der Waals surface area contributed by atoms with Crippen molar-refractivity contribution in [1.82, 2.24) is 5.32 Å². The van der Waals surface area contributed by atoms with Crippen LogP contribution < -0.4 is 5.32 Å². The van der Waals surface area contributed by atoms with Gasteiger partial charge < -0.3 is 5.32 Å². The van der Waals surface area contributed by atoms with Crippen LogP contribution in [0.25, 0.3) is 0 Å². The van der Waals surface area contributed by atoms with Gasteiger partial charge in [-0.2, -0.15) is 0 Å². The normalized spacial score (nSPS) is 28.4. The molecule has 2 nitrogen and oxygen atoms in total. The van der Waals surface area contributed by atoms with Crippen molar-refractivity contribution in [3.05, 3.63) is 23.4 Å². The number of carbonyl (C=O) groups is 1. The fraction of sp³-hybridized carbons (Fsp3) is 0.444. The third kappa shape index (κ3) is 1.27. The highest BCUT2D eigenvalue weighted by Gasteiger charge is 2.22. The summed E-state index contributed by atoms with van der Waals surface area (Å²) in [6, 6.07) is 0. The summed E-state index contributed by atoms with van der Waals surface area (Å²) in [5, 5.41) is 3.25. The van der Waals surface area contributed by atoms with Crippen LogP contribution in [0.2, 0.25) is 0 Å². The highest BCUT2D eigenvalue weighted by Crippen LogP contribution is 2.24. The fourth-order valence-electron chi connectivity index (χ4n) is 1.56. The van der Waals surface area contributed by atoms with Gasteiger partial charge >= 0.3 is 0 Å². The zero-order chi connectivity index (χ0) is 8.55. The molecule has 0 fully saturated rings. The van der Waals surface area contributed by atoms with E-state index in [-0.39, 0.29) is 11.2 Å². The Hall–Kier alpha value is -0.760. The van der Waals surface area contributed by atoms with Crippen LogP contribution in [0.1, 0.15) is 12.8 Å². The average molecular weight is 184 g/mol. The molecule has 1 atom stereocenters. The van der Waals surface area contributed by atoms with E-state index in [0.717, 1.165) is 24.2 Å². The minimum atomic E-state index is 0.0437. The van der Waals surface area contributed by atoms with Gasteiger partial charge in [0, 0.05) is 30.7 Å². The van der Waals surface area contributed by atoms with E-state index in [2.05, 4.69) is 5.32 Å². The van der Waals surface area contributed by atoms with Gasteiger partial charge in [-0.3, -0.25) is 4.79 Å². The van der Waals surface area contributed by atoms with Crippen LogP contribution in [-0.4, -0.2) is 17.7 Å². The summed E-state index contributed by atoms with van der Waals surface area (Å²) in [7, 11) is 0. The molecule has 2 rings (SSSR count). The van der Waals surface area contributed by atoms with Gasteiger partial charge in [-0.05, 0) is 0 Å². The van der Waals surface area contributed by atoms with Gasteiger partial charge in [-0.25, -0.2) is 0 Å². The van der Waals surface area contributed by atoms with Gasteiger partial charge in [-0.1, -0.05) is 12.2 Å². The van der Waals surface area contributed by atoms with E-state index in [1.165, 1.54) is 0 Å². The predicted octanol–water partition coefficient (Wildman–Crippen LogP) is 1.37. The highest BCUT2D eigenvalue weighted by atomic mass is 35.5. The maximum atomic E-state index is 11.3. The molecule has 12 heavy (non-hydrogen) atoms. The Morgan fingerprint density at radius 3 is 3.25 bits per heavy atom. The highest BCUT2D eigenvalue weighted by molar-refractivity contribution is 6.22. The first kappa shape index (κ1) is 7.87. The first-order valence-electron chi connectivity index (χ1n) is 4.10. The Labute approximate surface area is 76.3 Å². The van der Waals surface area contributed by atoms with Crippen molar-refractivity contribution in [3.8, 4) is 0 Å². The smallest absolute Gasteiger partial charge is 0.166 e. The third-order valence-electron chi connectivity index (χ3n) is 2.19. The molecule has 0 bridgehead atoms. The fourth-order valence-corrected chi connectivity index (χ4v) is 1.79. The van der Waals surface area contributed by atoms with Crippen LogP contribution in [0, 0.1) is 0 Å². The largest absolute Gasteiger partial charge is 0.387 e. The van der Waals surface area contributed by atoms with Crippen molar-refractivity contribution in [2.75, 3.05) is 6.54 Å². The molecular formula is C9H10ClNO. The van der Waals surface area contributed by atoms with Crippen molar-refractivity contribution < 1.29 is 4.79 Å². The number of carbonyl (C=O) groups excluding carboxylic acids is 1. The third-order valence-corrected chi connectivity index (χ3v) is 2.49. The number of alkyl halides is 1. The monoisotopic (exact) mass is 183 g/mol. The lowest BCUT2D eigenvalue weighted by atomic mass is 9.95. The summed E-state index contributed by atoms with van der Waals surface area (Å²) in [4.78, 5) is 11.3. The van der Waals surface area contributed by atoms with Crippen LogP contribution >= 0.6 is 11.6 Å². The topological polar surface area (TPSA) is 29.1 Å². The second-order valence-corrected chi connectivity index (χ2v) is 3.63. The van der Waals surface area contributed by atoms with Crippen LogP contribution in [0.3, 0.4) is 0 Å². The van der Waals surface area contributed by atoms with Gasteiger partial charge in [0.25, 0.3) is 0 Å². The number of hydrogen-bond donors (Lipinski definition) is 1. The van der Waals surface area contributed by atoms with Gasteiger partial charge in [0.15, 0.2) is 5.78 Å². The first-order chi connectivity index (χ1) is 5.77. The molecule has 0 aromatic rings. The summed E-state index contributed by atoms with van der Waals surface area (Å²) >= 11 is 5.91. The molecule has 2 aliphatic rings. The van der Waals surface area contributed by atoms with E-state index >= 15 is 0 Å². The predicted molar refractivity (Wildman–Crippen MR) is 48.1 cm³/mol. The molecule has 0 spiro atoms. The van der Waals surface area contributed by atoms with Crippen molar-refractivity contribution >= 4 is 17.4 Å². The number of Topliss-reactive ketones (excluding diaryl/α,β-unsaturated/α-hetero) is 1. The Morgan fingerprint density at radius 2 is 2.42 bits per heavy atom. The summed E-state index contributed by atoms with van der Waals surface area (Å²) < 4.78 is 0. The Balaban J connectivity index is 2.31. The molecule has 0 aromatic heterocycles. The molecule has 0 aromatic carbocycles. The molecule has 0 radical (unpaired) electrons. The number of hydrogen-bond acceptors (Lipinski definition) is 2. The van der Waals surface area contributed by atoms with Crippen LogP contribution in [0.15, 0.2) is 23.4 Å². The summed E-state index contributed by atoms with van der Waals surface area (Å²) in [6.07, 6.45) is 5.09. The molecule has 1 heterocycles. The van der Waals surface area contributed by atoms with Gasteiger partial charge in [-0.15, -0.1) is 11.6 Å². The minimum absolute atomic E-state index is 0.0437. The van der Waals surface area contributed by atoms with E-state index in [1.54, 1.807) is 0 Å². The zero-order valence-corrected chi connectivity index (χ0v) is 7.40. The van der Waals surface area contributed by atoms with Crippen molar-refractivity contribution in [1.29, 1.82) is 0 Å². The van der Waals surface area contributed by atoms with Gasteiger partial charge in [0.1, 0.15) is 0 Å². The summed E-state index contributed by atoms with van der Waals surface area (Å²) in [5.41, 5.74) is 1.85.